The molecule has 0 amide bonds. The molecule has 2 saturated heterocycles. The predicted molar refractivity (Wildman–Crippen MR) is 122 cm³/mol. The van der Waals surface area contributed by atoms with Crippen LogP contribution in [0, 0.1) is 11.8 Å². The molecule has 3 heterocycles. The van der Waals surface area contributed by atoms with Gasteiger partial charge in [-0.2, -0.15) is 0 Å². The predicted octanol–water partition coefficient (Wildman–Crippen LogP) is 4.03. The molecule has 3 fully saturated rings. The highest BCUT2D eigenvalue weighted by Crippen LogP contribution is 2.36. The van der Waals surface area contributed by atoms with Crippen LogP contribution in [0.5, 0.6) is 5.88 Å². The fourth-order valence-corrected chi connectivity index (χ4v) is 5.61. The zero-order valence-electron chi connectivity index (χ0n) is 18.4. The SMILES string of the molecule is c1ccc(CN2C[C@@H]3CCCC[C@H](NCc4ccnc(O[C@H]5CCOC5)c4)[C@H]3C2)cc1. The summed E-state index contributed by atoms with van der Waals surface area (Å²) in [7, 11) is 0. The summed E-state index contributed by atoms with van der Waals surface area (Å²) in [5, 5.41) is 3.92. The zero-order chi connectivity index (χ0) is 20.9. The van der Waals surface area contributed by atoms with E-state index in [2.05, 4.69) is 57.7 Å². The van der Waals surface area contributed by atoms with E-state index in [9.17, 15) is 0 Å². The third kappa shape index (κ3) is 5.46. The van der Waals surface area contributed by atoms with Crippen molar-refractivity contribution in [3.63, 3.8) is 0 Å². The van der Waals surface area contributed by atoms with Gasteiger partial charge in [-0.1, -0.05) is 43.2 Å². The van der Waals surface area contributed by atoms with E-state index in [0.29, 0.717) is 12.6 Å². The summed E-state index contributed by atoms with van der Waals surface area (Å²) in [5.41, 5.74) is 2.68. The second-order valence-corrected chi connectivity index (χ2v) is 9.48. The van der Waals surface area contributed by atoms with Gasteiger partial charge in [-0.05, 0) is 41.9 Å². The lowest BCUT2D eigenvalue weighted by Gasteiger charge is -2.27. The number of benzene rings is 1. The van der Waals surface area contributed by atoms with Crippen LogP contribution >= 0.6 is 0 Å². The Labute approximate surface area is 186 Å². The molecule has 166 valence electrons. The summed E-state index contributed by atoms with van der Waals surface area (Å²) in [6, 6.07) is 15.7. The number of aromatic nitrogens is 1. The van der Waals surface area contributed by atoms with Gasteiger partial charge in [0.1, 0.15) is 6.10 Å². The third-order valence-electron chi connectivity index (χ3n) is 7.22. The average molecular weight is 422 g/mol. The number of likely N-dealkylation sites (tertiary alicyclic amines) is 1. The molecule has 0 unspecified atom stereocenters. The van der Waals surface area contributed by atoms with Crippen LogP contribution in [0.2, 0.25) is 0 Å². The first-order valence-electron chi connectivity index (χ1n) is 12.0. The number of nitrogens with one attached hydrogen (secondary N) is 1. The largest absolute Gasteiger partial charge is 0.472 e. The first-order chi connectivity index (χ1) is 15.3. The van der Waals surface area contributed by atoms with Crippen molar-refractivity contribution >= 4 is 0 Å². The van der Waals surface area contributed by atoms with E-state index in [1.165, 1.54) is 49.9 Å². The van der Waals surface area contributed by atoms with Crippen molar-refractivity contribution < 1.29 is 9.47 Å². The number of rotatable bonds is 7. The van der Waals surface area contributed by atoms with Crippen molar-refractivity contribution in [2.45, 2.75) is 57.3 Å². The fraction of sp³-hybridized carbons (Fsp3) is 0.577. The summed E-state index contributed by atoms with van der Waals surface area (Å²) >= 11 is 0. The van der Waals surface area contributed by atoms with Gasteiger partial charge < -0.3 is 14.8 Å². The van der Waals surface area contributed by atoms with Crippen LogP contribution in [0.15, 0.2) is 48.7 Å². The molecule has 0 spiro atoms. The third-order valence-corrected chi connectivity index (χ3v) is 7.22. The zero-order valence-corrected chi connectivity index (χ0v) is 18.4. The van der Waals surface area contributed by atoms with Crippen molar-refractivity contribution in [3.8, 4) is 5.88 Å². The molecule has 2 aliphatic heterocycles. The highest BCUT2D eigenvalue weighted by Gasteiger charge is 2.38. The lowest BCUT2D eigenvalue weighted by Crippen LogP contribution is -2.38. The quantitative estimate of drug-likeness (QED) is 0.731. The lowest BCUT2D eigenvalue weighted by atomic mass is 9.88. The summed E-state index contributed by atoms with van der Waals surface area (Å²) in [4.78, 5) is 7.08. The number of hydrogen-bond donors (Lipinski definition) is 1. The smallest absolute Gasteiger partial charge is 0.213 e. The summed E-state index contributed by atoms with van der Waals surface area (Å²) in [6.07, 6.45) is 8.35. The van der Waals surface area contributed by atoms with Crippen molar-refractivity contribution in [2.75, 3.05) is 26.3 Å². The van der Waals surface area contributed by atoms with Gasteiger partial charge in [0.05, 0.1) is 13.2 Å². The van der Waals surface area contributed by atoms with Gasteiger partial charge in [0, 0.05) is 50.9 Å². The molecule has 4 atom stereocenters. The Balaban J connectivity index is 1.18. The Morgan fingerprint density at radius 2 is 1.94 bits per heavy atom. The minimum atomic E-state index is 0.146. The van der Waals surface area contributed by atoms with Crippen molar-refractivity contribution in [2.24, 2.45) is 11.8 Å². The van der Waals surface area contributed by atoms with Gasteiger partial charge in [-0.3, -0.25) is 4.90 Å². The molecule has 1 aromatic heterocycles. The Morgan fingerprint density at radius 3 is 2.81 bits per heavy atom. The highest BCUT2D eigenvalue weighted by molar-refractivity contribution is 5.21. The molecule has 0 bridgehead atoms. The van der Waals surface area contributed by atoms with Crippen LogP contribution in [0.4, 0.5) is 0 Å². The van der Waals surface area contributed by atoms with Gasteiger partial charge in [-0.25, -0.2) is 4.98 Å². The van der Waals surface area contributed by atoms with Gasteiger partial charge in [-0.15, -0.1) is 0 Å². The van der Waals surface area contributed by atoms with E-state index >= 15 is 0 Å². The molecule has 1 saturated carbocycles. The topological polar surface area (TPSA) is 46.6 Å². The Morgan fingerprint density at radius 1 is 1.03 bits per heavy atom. The Kier molecular flexibility index (Phi) is 6.83. The molecule has 0 radical (unpaired) electrons. The maximum Gasteiger partial charge on any atom is 0.213 e. The van der Waals surface area contributed by atoms with Gasteiger partial charge >= 0.3 is 0 Å². The molecule has 5 heteroatoms. The second-order valence-electron chi connectivity index (χ2n) is 9.48. The molecule has 5 rings (SSSR count). The fourth-order valence-electron chi connectivity index (χ4n) is 5.61. The minimum Gasteiger partial charge on any atom is -0.472 e. The minimum absolute atomic E-state index is 0.146. The van der Waals surface area contributed by atoms with Crippen molar-refractivity contribution in [1.82, 2.24) is 15.2 Å². The molecule has 31 heavy (non-hydrogen) atoms. The average Bonchev–Trinajstić information content (AvgIpc) is 3.40. The molecule has 1 N–H and O–H groups in total. The van der Waals surface area contributed by atoms with Crippen molar-refractivity contribution in [3.05, 3.63) is 59.8 Å². The maximum absolute atomic E-state index is 6.00. The monoisotopic (exact) mass is 421 g/mol. The molecule has 5 nitrogen and oxygen atoms in total. The van der Waals surface area contributed by atoms with Crippen LogP contribution < -0.4 is 10.1 Å². The van der Waals surface area contributed by atoms with Crippen LogP contribution in [-0.4, -0.2) is 48.3 Å². The molecular weight excluding hydrogens is 386 g/mol. The van der Waals surface area contributed by atoms with E-state index in [0.717, 1.165) is 43.8 Å². The lowest BCUT2D eigenvalue weighted by molar-refractivity contribution is 0.138. The Hall–Kier alpha value is -1.95. The second kappa shape index (κ2) is 10.1. The van der Waals surface area contributed by atoms with Gasteiger partial charge in [0.2, 0.25) is 5.88 Å². The highest BCUT2D eigenvalue weighted by atomic mass is 16.5. The van der Waals surface area contributed by atoms with E-state index in [4.69, 9.17) is 9.47 Å². The summed E-state index contributed by atoms with van der Waals surface area (Å²) in [6.45, 7) is 5.88. The maximum atomic E-state index is 6.00. The summed E-state index contributed by atoms with van der Waals surface area (Å²) in [5.74, 6) is 2.30. The van der Waals surface area contributed by atoms with E-state index < -0.39 is 0 Å². The Bertz CT molecular complexity index is 824. The van der Waals surface area contributed by atoms with E-state index in [-0.39, 0.29) is 6.10 Å². The molecule has 2 aromatic rings. The van der Waals surface area contributed by atoms with Gasteiger partial charge in [0.15, 0.2) is 0 Å². The normalized spacial score (nSPS) is 28.9. The van der Waals surface area contributed by atoms with Gasteiger partial charge in [0.25, 0.3) is 0 Å². The van der Waals surface area contributed by atoms with Crippen LogP contribution in [0.25, 0.3) is 0 Å². The van der Waals surface area contributed by atoms with Crippen LogP contribution in [0.3, 0.4) is 0 Å². The summed E-state index contributed by atoms with van der Waals surface area (Å²) < 4.78 is 11.4. The number of ether oxygens (including phenoxy) is 2. The van der Waals surface area contributed by atoms with Crippen molar-refractivity contribution in [1.29, 1.82) is 0 Å². The molecule has 3 aliphatic rings. The molecule has 1 aliphatic carbocycles. The van der Waals surface area contributed by atoms with Crippen LogP contribution in [0.1, 0.15) is 43.2 Å². The van der Waals surface area contributed by atoms with Crippen LogP contribution in [-0.2, 0) is 17.8 Å². The molecule has 1 aromatic carbocycles. The van der Waals surface area contributed by atoms with E-state index in [1.807, 2.05) is 6.20 Å². The number of hydrogen-bond acceptors (Lipinski definition) is 5. The first kappa shape index (κ1) is 20.9. The number of fused-ring (bicyclic) bond motifs is 1. The van der Waals surface area contributed by atoms with E-state index in [1.54, 1.807) is 0 Å². The number of nitrogens with zero attached hydrogens (tertiary/aromatic N) is 2. The molecular formula is C26H35N3O2. The first-order valence-corrected chi connectivity index (χ1v) is 12.0. The standard InChI is InChI=1S/C26H35N3O2/c1-2-6-20(7-3-1)16-29-17-22-8-4-5-9-25(24(22)18-29)28-15-21-10-12-27-26(14-21)31-23-11-13-30-19-23/h1-3,6-7,10,12,14,22-25,28H,4-5,8-9,11,13,15-19H2/t22-,23-,24-,25-/m0/s1. The number of pyridine rings is 1.